The van der Waals surface area contributed by atoms with Crippen LogP contribution in [0.3, 0.4) is 0 Å². The molecule has 0 spiro atoms. The van der Waals surface area contributed by atoms with Crippen LogP contribution in [-0.2, 0) is 6.54 Å². The van der Waals surface area contributed by atoms with Crippen LogP contribution in [0.2, 0.25) is 0 Å². The van der Waals surface area contributed by atoms with Gasteiger partial charge < -0.3 is 9.55 Å². The van der Waals surface area contributed by atoms with Crippen molar-refractivity contribution in [1.82, 2.24) is 14.5 Å². The fourth-order valence-corrected chi connectivity index (χ4v) is 2.76. The maximum Gasteiger partial charge on any atom is 0.178 e. The van der Waals surface area contributed by atoms with Gasteiger partial charge in [-0.05, 0) is 58.3 Å². The molecule has 0 fully saturated rings. The molecule has 3 nitrogen and oxygen atoms in total. The molecule has 0 saturated carbocycles. The lowest BCUT2D eigenvalue weighted by atomic mass is 10.1. The van der Waals surface area contributed by atoms with Gasteiger partial charge >= 0.3 is 0 Å². The van der Waals surface area contributed by atoms with Crippen molar-refractivity contribution in [3.63, 3.8) is 0 Å². The molecular weight excluding hydrogens is 341 g/mol. The third kappa shape index (κ3) is 2.29. The minimum atomic E-state index is -0.303. The average molecular weight is 352 g/mol. The highest BCUT2D eigenvalue weighted by atomic mass is 79.9. The summed E-state index contributed by atoms with van der Waals surface area (Å²) < 4.78 is 16.6. The third-order valence-electron chi connectivity index (χ3n) is 3.29. The number of aromatic amines is 1. The Morgan fingerprint density at radius 1 is 1.45 bits per heavy atom. The Balaban J connectivity index is 2.17. The second-order valence-electron chi connectivity index (χ2n) is 4.60. The molecule has 6 heteroatoms. The van der Waals surface area contributed by atoms with Crippen molar-refractivity contribution < 1.29 is 4.39 Å². The molecule has 0 unspecified atom stereocenters. The van der Waals surface area contributed by atoms with E-state index in [1.807, 2.05) is 23.8 Å². The summed E-state index contributed by atoms with van der Waals surface area (Å²) in [5.41, 5.74) is 3.76. The van der Waals surface area contributed by atoms with E-state index in [9.17, 15) is 4.39 Å². The van der Waals surface area contributed by atoms with Crippen LogP contribution in [-0.4, -0.2) is 14.5 Å². The second kappa shape index (κ2) is 5.10. The number of hydrogen-bond acceptors (Lipinski definition) is 2. The summed E-state index contributed by atoms with van der Waals surface area (Å²) in [6.45, 7) is 2.59. The quantitative estimate of drug-likeness (QED) is 0.696. The van der Waals surface area contributed by atoms with Crippen molar-refractivity contribution in [2.24, 2.45) is 0 Å². The minimum Gasteiger partial charge on any atom is -0.331 e. The van der Waals surface area contributed by atoms with Crippen LogP contribution < -0.4 is 0 Å². The summed E-state index contributed by atoms with van der Waals surface area (Å²) in [6.07, 6.45) is 3.56. The molecule has 1 N–H and O–H groups in total. The van der Waals surface area contributed by atoms with Crippen molar-refractivity contribution in [2.75, 3.05) is 0 Å². The molecule has 0 bridgehead atoms. The molecular formula is C14H11BrFN3S. The number of halogens is 2. The number of pyridine rings is 1. The number of hydrogen-bond donors (Lipinski definition) is 1. The van der Waals surface area contributed by atoms with Crippen LogP contribution in [0.25, 0.3) is 11.0 Å². The summed E-state index contributed by atoms with van der Waals surface area (Å²) in [4.78, 5) is 7.22. The third-order valence-corrected chi connectivity index (χ3v) is 4.22. The molecule has 0 radical (unpaired) electrons. The summed E-state index contributed by atoms with van der Waals surface area (Å²) >= 11 is 8.51. The van der Waals surface area contributed by atoms with Gasteiger partial charge in [-0.2, -0.15) is 0 Å². The SMILES string of the molecule is Cc1ccncc1Cn1c(=S)[nH]c2cc(Br)c(F)cc21. The van der Waals surface area contributed by atoms with E-state index in [0.717, 1.165) is 22.2 Å². The van der Waals surface area contributed by atoms with Crippen molar-refractivity contribution in [3.8, 4) is 0 Å². The highest BCUT2D eigenvalue weighted by molar-refractivity contribution is 9.10. The van der Waals surface area contributed by atoms with Gasteiger partial charge in [0.1, 0.15) is 5.82 Å². The standard InChI is InChI=1S/C14H11BrFN3S/c1-8-2-3-17-6-9(8)7-19-13-5-11(16)10(15)4-12(13)18-14(19)20/h2-6H,7H2,1H3,(H,18,20). The van der Waals surface area contributed by atoms with E-state index in [-0.39, 0.29) is 5.82 Å². The topological polar surface area (TPSA) is 33.6 Å². The number of aromatic nitrogens is 3. The van der Waals surface area contributed by atoms with Crippen LogP contribution in [0, 0.1) is 17.5 Å². The van der Waals surface area contributed by atoms with E-state index >= 15 is 0 Å². The first kappa shape index (κ1) is 13.5. The molecule has 3 aromatic rings. The van der Waals surface area contributed by atoms with Gasteiger partial charge in [0.15, 0.2) is 4.77 Å². The van der Waals surface area contributed by atoms with Crippen molar-refractivity contribution >= 4 is 39.2 Å². The Kier molecular flexibility index (Phi) is 3.43. The van der Waals surface area contributed by atoms with Crippen molar-refractivity contribution in [3.05, 3.63) is 56.8 Å². The number of aryl methyl sites for hydroxylation is 1. The number of imidazole rings is 1. The number of H-pyrrole nitrogens is 1. The van der Waals surface area contributed by atoms with Gasteiger partial charge in [-0.1, -0.05) is 0 Å². The fraction of sp³-hybridized carbons (Fsp3) is 0.143. The molecule has 0 amide bonds. The van der Waals surface area contributed by atoms with Gasteiger partial charge in [-0.15, -0.1) is 0 Å². The van der Waals surface area contributed by atoms with Gasteiger partial charge in [-0.25, -0.2) is 4.39 Å². The molecule has 3 rings (SSSR count). The molecule has 20 heavy (non-hydrogen) atoms. The van der Waals surface area contributed by atoms with Crippen LogP contribution >= 0.6 is 28.1 Å². The van der Waals surface area contributed by atoms with Crippen molar-refractivity contribution in [1.29, 1.82) is 0 Å². The highest BCUT2D eigenvalue weighted by Gasteiger charge is 2.10. The Labute approximate surface area is 128 Å². The van der Waals surface area contributed by atoms with E-state index in [0.29, 0.717) is 15.8 Å². The number of nitrogens with zero attached hydrogens (tertiary/aromatic N) is 2. The van der Waals surface area contributed by atoms with Gasteiger partial charge in [0.05, 0.1) is 22.1 Å². The van der Waals surface area contributed by atoms with Gasteiger partial charge in [-0.3, -0.25) is 4.98 Å². The summed E-state index contributed by atoms with van der Waals surface area (Å²) in [6, 6.07) is 5.13. The summed E-state index contributed by atoms with van der Waals surface area (Å²) in [7, 11) is 0. The zero-order valence-electron chi connectivity index (χ0n) is 10.7. The lowest BCUT2D eigenvalue weighted by molar-refractivity contribution is 0.622. The van der Waals surface area contributed by atoms with Gasteiger partial charge in [0.25, 0.3) is 0 Å². The molecule has 102 valence electrons. The average Bonchev–Trinajstić information content (AvgIpc) is 2.69. The molecule has 0 aliphatic heterocycles. The normalized spacial score (nSPS) is 11.2. The first-order valence-corrected chi connectivity index (χ1v) is 7.23. The molecule has 2 aromatic heterocycles. The number of fused-ring (bicyclic) bond motifs is 1. The van der Waals surface area contributed by atoms with E-state index in [4.69, 9.17) is 12.2 Å². The van der Waals surface area contributed by atoms with Crippen LogP contribution in [0.5, 0.6) is 0 Å². The Hall–Kier alpha value is -1.53. The maximum atomic E-state index is 13.7. The fourth-order valence-electron chi connectivity index (χ4n) is 2.14. The Bertz CT molecular complexity index is 853. The zero-order chi connectivity index (χ0) is 14.3. The smallest absolute Gasteiger partial charge is 0.178 e. The van der Waals surface area contributed by atoms with Crippen LogP contribution in [0.15, 0.2) is 35.1 Å². The molecule has 2 heterocycles. The molecule has 1 aromatic carbocycles. The largest absolute Gasteiger partial charge is 0.331 e. The highest BCUT2D eigenvalue weighted by Crippen LogP contribution is 2.24. The van der Waals surface area contributed by atoms with E-state index in [2.05, 4.69) is 25.9 Å². The maximum absolute atomic E-state index is 13.7. The van der Waals surface area contributed by atoms with Crippen molar-refractivity contribution in [2.45, 2.75) is 13.5 Å². The Morgan fingerprint density at radius 3 is 3.00 bits per heavy atom. The predicted octanol–water partition coefficient (Wildman–Crippen LogP) is 4.35. The van der Waals surface area contributed by atoms with Gasteiger partial charge in [0, 0.05) is 18.5 Å². The number of benzene rings is 1. The lowest BCUT2D eigenvalue weighted by Crippen LogP contribution is -2.02. The molecule has 0 aliphatic rings. The zero-order valence-corrected chi connectivity index (χ0v) is 13.1. The molecule has 0 saturated heterocycles. The second-order valence-corrected chi connectivity index (χ2v) is 5.84. The first-order chi connectivity index (χ1) is 9.56. The predicted molar refractivity (Wildman–Crippen MR) is 82.9 cm³/mol. The summed E-state index contributed by atoms with van der Waals surface area (Å²) in [5.74, 6) is -0.303. The van der Waals surface area contributed by atoms with Crippen LogP contribution in [0.4, 0.5) is 4.39 Å². The number of nitrogens with one attached hydrogen (secondary N) is 1. The molecule has 0 atom stereocenters. The van der Waals surface area contributed by atoms with Crippen LogP contribution in [0.1, 0.15) is 11.1 Å². The van der Waals surface area contributed by atoms with E-state index in [1.54, 1.807) is 12.3 Å². The monoisotopic (exact) mass is 351 g/mol. The minimum absolute atomic E-state index is 0.303. The van der Waals surface area contributed by atoms with E-state index in [1.165, 1.54) is 6.07 Å². The Morgan fingerprint density at radius 2 is 2.25 bits per heavy atom. The number of rotatable bonds is 2. The van der Waals surface area contributed by atoms with E-state index < -0.39 is 0 Å². The summed E-state index contributed by atoms with van der Waals surface area (Å²) in [5, 5.41) is 0. The van der Waals surface area contributed by atoms with Gasteiger partial charge in [0.2, 0.25) is 0 Å². The first-order valence-electron chi connectivity index (χ1n) is 6.03. The lowest BCUT2D eigenvalue weighted by Gasteiger charge is -2.07. The molecule has 0 aliphatic carbocycles.